The van der Waals surface area contributed by atoms with E-state index in [1.165, 1.54) is 5.57 Å². The number of benzene rings is 1. The maximum atomic E-state index is 14.2. The summed E-state index contributed by atoms with van der Waals surface area (Å²) in [6, 6.07) is 5.78. The minimum Gasteiger partial charge on any atom is -0.464 e. The predicted octanol–water partition coefficient (Wildman–Crippen LogP) is 7.07. The molecule has 2 aromatic rings. The third-order valence-corrected chi connectivity index (χ3v) is 7.06. The fourth-order valence-corrected chi connectivity index (χ4v) is 4.91. The second kappa shape index (κ2) is 10.6. The lowest BCUT2D eigenvalue weighted by Crippen LogP contribution is -2.35. The maximum Gasteiger partial charge on any atom is 0.316 e. The Morgan fingerprint density at radius 3 is 2.60 bits per heavy atom. The van der Waals surface area contributed by atoms with Gasteiger partial charge in [-0.05, 0) is 72.9 Å². The fourth-order valence-electron chi connectivity index (χ4n) is 4.91. The van der Waals surface area contributed by atoms with E-state index in [1.54, 1.807) is 12.1 Å². The molecule has 2 heterocycles. The molecule has 0 amide bonds. The van der Waals surface area contributed by atoms with Crippen molar-refractivity contribution >= 4 is 11.1 Å². The monoisotopic (exact) mass is 473 g/mol. The maximum absolute atomic E-state index is 14.2. The van der Waals surface area contributed by atoms with Gasteiger partial charge >= 0.3 is 6.01 Å². The summed E-state index contributed by atoms with van der Waals surface area (Å²) < 4.78 is 19.6. The van der Waals surface area contributed by atoms with Crippen molar-refractivity contribution in [3.63, 3.8) is 0 Å². The standard InChI is InChI=1S/C30H36FN3O/c1-7-28(27-14-21(6)20(5)13-23-15-25(31)9-10-26(23)27)34-12-11-22(16-29(34)19(3)4)24-17-32-30(33-18-24)35-8-2/h7,9-12,14-21,29H,8,13H2,1-6H3/b28-7-. The molecule has 0 spiro atoms. The molecule has 1 aromatic heterocycles. The van der Waals surface area contributed by atoms with Crippen LogP contribution in [0.15, 0.2) is 66.8 Å². The Morgan fingerprint density at radius 1 is 1.20 bits per heavy atom. The number of hydrogen-bond donors (Lipinski definition) is 0. The van der Waals surface area contributed by atoms with Gasteiger partial charge in [0.2, 0.25) is 0 Å². The number of ether oxygens (including phenoxy) is 1. The molecule has 3 atom stereocenters. The Bertz CT molecular complexity index is 1180. The van der Waals surface area contributed by atoms with Crippen molar-refractivity contribution in [3.05, 3.63) is 89.3 Å². The van der Waals surface area contributed by atoms with Crippen LogP contribution in [0.2, 0.25) is 0 Å². The number of nitrogens with zero attached hydrogens (tertiary/aromatic N) is 3. The lowest BCUT2D eigenvalue weighted by atomic mass is 9.91. The number of aromatic nitrogens is 2. The van der Waals surface area contributed by atoms with Crippen LogP contribution in [-0.2, 0) is 6.42 Å². The Labute approximate surface area is 208 Å². The third-order valence-electron chi connectivity index (χ3n) is 7.06. The second-order valence-corrected chi connectivity index (χ2v) is 9.86. The summed E-state index contributed by atoms with van der Waals surface area (Å²) >= 11 is 0. The van der Waals surface area contributed by atoms with E-state index in [0.717, 1.165) is 34.4 Å². The first-order chi connectivity index (χ1) is 16.8. The summed E-state index contributed by atoms with van der Waals surface area (Å²) in [6.07, 6.45) is 15.6. The van der Waals surface area contributed by atoms with Crippen LogP contribution in [0.25, 0.3) is 11.1 Å². The van der Waals surface area contributed by atoms with Crippen molar-refractivity contribution in [2.75, 3.05) is 6.61 Å². The lowest BCUT2D eigenvalue weighted by Gasteiger charge is -2.37. The van der Waals surface area contributed by atoms with Gasteiger partial charge in [0.25, 0.3) is 0 Å². The summed E-state index contributed by atoms with van der Waals surface area (Å²) in [4.78, 5) is 11.0. The van der Waals surface area contributed by atoms with E-state index >= 15 is 0 Å². The minimum absolute atomic E-state index is 0.147. The van der Waals surface area contributed by atoms with Crippen molar-refractivity contribution in [1.29, 1.82) is 0 Å². The summed E-state index contributed by atoms with van der Waals surface area (Å²) in [5, 5.41) is 0. The van der Waals surface area contributed by atoms with Gasteiger partial charge in [-0.25, -0.2) is 14.4 Å². The van der Waals surface area contributed by atoms with Crippen LogP contribution in [0.5, 0.6) is 6.01 Å². The molecule has 0 radical (unpaired) electrons. The zero-order valence-electron chi connectivity index (χ0n) is 21.6. The van der Waals surface area contributed by atoms with Gasteiger partial charge in [-0.1, -0.05) is 52.0 Å². The number of halogens is 1. The van der Waals surface area contributed by atoms with E-state index in [4.69, 9.17) is 4.74 Å². The van der Waals surface area contributed by atoms with Crippen LogP contribution in [0.3, 0.4) is 0 Å². The number of allylic oxidation sites excluding steroid dienone is 5. The number of rotatable bonds is 6. The summed E-state index contributed by atoms with van der Waals surface area (Å²) in [5.74, 6) is 1.02. The fraction of sp³-hybridized carbons (Fsp3) is 0.400. The SMILES string of the molecule is C/C=C(/C1=CC(C)C(C)Cc2cc(F)ccc21)N1C=CC(c2cnc(OCC)nc2)=CC1C(C)C. The van der Waals surface area contributed by atoms with Gasteiger partial charge in [-0.2, -0.15) is 0 Å². The van der Waals surface area contributed by atoms with Crippen molar-refractivity contribution in [2.24, 2.45) is 17.8 Å². The van der Waals surface area contributed by atoms with Crippen molar-refractivity contribution in [2.45, 2.75) is 54.0 Å². The number of hydrogen-bond acceptors (Lipinski definition) is 4. The van der Waals surface area contributed by atoms with Gasteiger partial charge in [0.05, 0.1) is 12.6 Å². The van der Waals surface area contributed by atoms with Crippen molar-refractivity contribution < 1.29 is 9.13 Å². The van der Waals surface area contributed by atoms with E-state index in [1.807, 2.05) is 25.4 Å². The topological polar surface area (TPSA) is 38.2 Å². The molecule has 4 rings (SSSR count). The van der Waals surface area contributed by atoms with Gasteiger partial charge in [0, 0.05) is 35.4 Å². The normalized spacial score (nSPS) is 22.5. The molecule has 1 aliphatic carbocycles. The quantitative estimate of drug-likeness (QED) is 0.450. The molecule has 5 heteroatoms. The molecule has 1 aromatic carbocycles. The van der Waals surface area contributed by atoms with E-state index in [0.29, 0.717) is 30.4 Å². The first kappa shape index (κ1) is 24.9. The molecule has 1 aliphatic heterocycles. The van der Waals surface area contributed by atoms with Crippen LogP contribution in [0.4, 0.5) is 4.39 Å². The highest BCUT2D eigenvalue weighted by atomic mass is 19.1. The Hall–Kier alpha value is -3.21. The predicted molar refractivity (Wildman–Crippen MR) is 141 cm³/mol. The summed E-state index contributed by atoms with van der Waals surface area (Å²) in [5.41, 5.74) is 6.59. The van der Waals surface area contributed by atoms with Gasteiger partial charge in [-0.3, -0.25) is 0 Å². The zero-order valence-corrected chi connectivity index (χ0v) is 21.6. The molecule has 184 valence electrons. The van der Waals surface area contributed by atoms with Crippen molar-refractivity contribution in [3.8, 4) is 6.01 Å². The first-order valence-corrected chi connectivity index (χ1v) is 12.6. The van der Waals surface area contributed by atoms with E-state index in [-0.39, 0.29) is 11.9 Å². The smallest absolute Gasteiger partial charge is 0.316 e. The minimum atomic E-state index is -0.171. The average Bonchev–Trinajstić information content (AvgIpc) is 2.96. The van der Waals surface area contributed by atoms with Crippen LogP contribution < -0.4 is 4.74 Å². The molecule has 4 nitrogen and oxygen atoms in total. The van der Waals surface area contributed by atoms with E-state index < -0.39 is 0 Å². The zero-order chi connectivity index (χ0) is 25.1. The van der Waals surface area contributed by atoms with Crippen molar-refractivity contribution in [1.82, 2.24) is 14.9 Å². The molecule has 3 unspecified atom stereocenters. The van der Waals surface area contributed by atoms with Crippen LogP contribution in [0, 0.1) is 23.6 Å². The van der Waals surface area contributed by atoms with Gasteiger partial charge in [-0.15, -0.1) is 0 Å². The molecule has 2 aliphatic rings. The molecule has 0 saturated heterocycles. The third kappa shape index (κ3) is 5.24. The largest absolute Gasteiger partial charge is 0.464 e. The summed E-state index contributed by atoms with van der Waals surface area (Å²) in [6.45, 7) is 13.5. The molecule has 0 saturated carbocycles. The second-order valence-electron chi connectivity index (χ2n) is 9.86. The average molecular weight is 474 g/mol. The molecular formula is C30H36FN3O. The molecular weight excluding hydrogens is 437 g/mol. The van der Waals surface area contributed by atoms with Crippen LogP contribution in [-0.4, -0.2) is 27.5 Å². The van der Waals surface area contributed by atoms with Gasteiger partial charge in [0.15, 0.2) is 0 Å². The Kier molecular flexibility index (Phi) is 7.54. The molecule has 35 heavy (non-hydrogen) atoms. The van der Waals surface area contributed by atoms with Gasteiger partial charge < -0.3 is 9.64 Å². The van der Waals surface area contributed by atoms with Crippen LogP contribution >= 0.6 is 0 Å². The molecule has 0 bridgehead atoms. The Balaban J connectivity index is 1.72. The van der Waals surface area contributed by atoms with E-state index in [9.17, 15) is 4.39 Å². The summed E-state index contributed by atoms with van der Waals surface area (Å²) in [7, 11) is 0. The van der Waals surface area contributed by atoms with Crippen LogP contribution in [0.1, 0.15) is 58.2 Å². The lowest BCUT2D eigenvalue weighted by molar-refractivity contribution is 0.312. The highest BCUT2D eigenvalue weighted by Gasteiger charge is 2.29. The van der Waals surface area contributed by atoms with E-state index in [2.05, 4.69) is 80.0 Å². The first-order valence-electron chi connectivity index (χ1n) is 12.6. The molecule has 0 N–H and O–H groups in total. The molecule has 0 fully saturated rings. The number of fused-ring (bicyclic) bond motifs is 1. The highest BCUT2D eigenvalue weighted by Crippen LogP contribution is 2.39. The Morgan fingerprint density at radius 2 is 1.94 bits per heavy atom. The highest BCUT2D eigenvalue weighted by molar-refractivity contribution is 5.82. The van der Waals surface area contributed by atoms with Gasteiger partial charge in [0.1, 0.15) is 5.82 Å².